The van der Waals surface area contributed by atoms with Crippen molar-refractivity contribution in [1.29, 1.82) is 0 Å². The Morgan fingerprint density at radius 2 is 2.32 bits per heavy atom. The fourth-order valence-electron chi connectivity index (χ4n) is 2.46. The van der Waals surface area contributed by atoms with E-state index in [2.05, 4.69) is 22.9 Å². The van der Waals surface area contributed by atoms with Crippen molar-refractivity contribution >= 4 is 28.3 Å². The predicted octanol–water partition coefficient (Wildman–Crippen LogP) is 3.98. The monoisotopic (exact) mass is 276 g/mol. The minimum atomic E-state index is 0.694. The molecule has 0 N–H and O–H groups in total. The van der Waals surface area contributed by atoms with E-state index in [4.69, 9.17) is 16.0 Å². The zero-order chi connectivity index (χ0) is 13.2. The average molecular weight is 277 g/mol. The zero-order valence-corrected chi connectivity index (χ0v) is 11.8. The molecule has 1 aliphatic heterocycles. The lowest BCUT2D eigenvalue weighted by Crippen LogP contribution is -2.29. The summed E-state index contributed by atoms with van der Waals surface area (Å²) < 4.78 is 5.80. The van der Waals surface area contributed by atoms with Crippen molar-refractivity contribution in [3.8, 4) is 0 Å². The maximum absolute atomic E-state index is 5.96. The number of benzene rings is 1. The van der Waals surface area contributed by atoms with Gasteiger partial charge in [-0.15, -0.1) is 0 Å². The van der Waals surface area contributed by atoms with Gasteiger partial charge in [0.05, 0.1) is 0 Å². The van der Waals surface area contributed by atoms with E-state index in [-0.39, 0.29) is 0 Å². The van der Waals surface area contributed by atoms with Gasteiger partial charge in [-0.25, -0.2) is 4.98 Å². The first-order chi connectivity index (χ1) is 9.26. The molecule has 0 radical (unpaired) electrons. The summed E-state index contributed by atoms with van der Waals surface area (Å²) in [5, 5.41) is 0.694. The Kier molecular flexibility index (Phi) is 3.58. The smallest absolute Gasteiger partial charge is 0.222 e. The minimum absolute atomic E-state index is 0.694. The zero-order valence-electron chi connectivity index (χ0n) is 11.0. The lowest BCUT2D eigenvalue weighted by molar-refractivity contribution is 0.301. The van der Waals surface area contributed by atoms with Crippen LogP contribution in [0.15, 0.2) is 28.7 Å². The van der Waals surface area contributed by atoms with Crippen molar-refractivity contribution in [2.75, 3.05) is 19.6 Å². The number of fused-ring (bicyclic) bond motifs is 1. The molecule has 0 aliphatic carbocycles. The van der Waals surface area contributed by atoms with Crippen LogP contribution in [0, 0.1) is 0 Å². The van der Waals surface area contributed by atoms with E-state index in [9.17, 15) is 0 Å². The van der Waals surface area contributed by atoms with Gasteiger partial charge in [-0.05, 0) is 37.6 Å². The molecular weight excluding hydrogens is 260 g/mol. The summed E-state index contributed by atoms with van der Waals surface area (Å²) in [6.07, 6.45) is 4.43. The van der Waals surface area contributed by atoms with Gasteiger partial charge in [0.15, 0.2) is 5.58 Å². The van der Waals surface area contributed by atoms with Gasteiger partial charge in [-0.2, -0.15) is 0 Å². The molecule has 4 heteroatoms. The first kappa shape index (κ1) is 12.7. The molecule has 0 saturated heterocycles. The van der Waals surface area contributed by atoms with Crippen molar-refractivity contribution < 1.29 is 4.42 Å². The van der Waals surface area contributed by atoms with E-state index in [1.807, 2.05) is 18.2 Å². The van der Waals surface area contributed by atoms with E-state index in [0.717, 1.165) is 43.0 Å². The molecule has 0 unspecified atom stereocenters. The van der Waals surface area contributed by atoms with Crippen LogP contribution < -0.4 is 0 Å². The summed E-state index contributed by atoms with van der Waals surface area (Å²) in [5.74, 6) is 0.744. The van der Waals surface area contributed by atoms with Crippen LogP contribution in [0.25, 0.3) is 16.7 Å². The van der Waals surface area contributed by atoms with Gasteiger partial charge in [-0.3, -0.25) is 4.90 Å². The minimum Gasteiger partial charge on any atom is -0.436 e. The van der Waals surface area contributed by atoms with Gasteiger partial charge < -0.3 is 4.42 Å². The van der Waals surface area contributed by atoms with Crippen molar-refractivity contribution in [2.24, 2.45) is 0 Å². The van der Waals surface area contributed by atoms with Crippen molar-refractivity contribution in [2.45, 2.75) is 19.8 Å². The van der Waals surface area contributed by atoms with Gasteiger partial charge in [0, 0.05) is 23.7 Å². The summed E-state index contributed by atoms with van der Waals surface area (Å²) in [5.41, 5.74) is 2.84. The second-order valence-corrected chi connectivity index (χ2v) is 5.35. The van der Waals surface area contributed by atoms with Crippen LogP contribution in [0.4, 0.5) is 0 Å². The molecule has 100 valence electrons. The first-order valence-corrected chi connectivity index (χ1v) is 7.12. The highest BCUT2D eigenvalue weighted by molar-refractivity contribution is 6.31. The number of hydrogen-bond donors (Lipinski definition) is 0. The van der Waals surface area contributed by atoms with Gasteiger partial charge in [-0.1, -0.05) is 24.6 Å². The molecule has 0 fully saturated rings. The summed E-state index contributed by atoms with van der Waals surface area (Å²) >= 11 is 5.96. The number of aromatic nitrogens is 1. The number of hydrogen-bond acceptors (Lipinski definition) is 3. The normalized spacial score (nSPS) is 16.8. The lowest BCUT2D eigenvalue weighted by atomic mass is 10.1. The maximum Gasteiger partial charge on any atom is 0.222 e. The summed E-state index contributed by atoms with van der Waals surface area (Å²) in [6, 6.07) is 5.55. The molecule has 2 heterocycles. The predicted molar refractivity (Wildman–Crippen MR) is 78.3 cm³/mol. The maximum atomic E-state index is 5.96. The highest BCUT2D eigenvalue weighted by Gasteiger charge is 2.16. The molecule has 0 bridgehead atoms. The summed E-state index contributed by atoms with van der Waals surface area (Å²) in [4.78, 5) is 6.98. The Labute approximate surface area is 117 Å². The standard InChI is InChI=1S/C15H17ClN2O/c1-2-7-18-8-5-11(6-9-18)15-17-13-10-12(16)3-4-14(13)19-15/h3-5,10H,2,6-9H2,1H3. The third kappa shape index (κ3) is 2.67. The van der Waals surface area contributed by atoms with E-state index in [1.54, 1.807) is 0 Å². The van der Waals surface area contributed by atoms with E-state index < -0.39 is 0 Å². The molecule has 2 aromatic rings. The molecule has 19 heavy (non-hydrogen) atoms. The fraction of sp³-hybridized carbons (Fsp3) is 0.400. The summed E-state index contributed by atoms with van der Waals surface area (Å²) in [6.45, 7) is 5.44. The second-order valence-electron chi connectivity index (χ2n) is 4.91. The molecule has 0 atom stereocenters. The van der Waals surface area contributed by atoms with Gasteiger partial charge in [0.25, 0.3) is 0 Å². The van der Waals surface area contributed by atoms with Gasteiger partial charge in [0.1, 0.15) is 5.52 Å². The Morgan fingerprint density at radius 1 is 1.42 bits per heavy atom. The summed E-state index contributed by atoms with van der Waals surface area (Å²) in [7, 11) is 0. The molecule has 0 amide bonds. The van der Waals surface area contributed by atoms with Crippen LogP contribution in [0.1, 0.15) is 25.7 Å². The molecule has 1 aromatic carbocycles. The molecule has 3 nitrogen and oxygen atoms in total. The fourth-order valence-corrected chi connectivity index (χ4v) is 2.63. The molecule has 0 saturated carbocycles. The third-order valence-electron chi connectivity index (χ3n) is 3.46. The van der Waals surface area contributed by atoms with E-state index >= 15 is 0 Å². The van der Waals surface area contributed by atoms with Crippen molar-refractivity contribution in [3.05, 3.63) is 35.2 Å². The van der Waals surface area contributed by atoms with Crippen LogP contribution in [0.2, 0.25) is 5.02 Å². The third-order valence-corrected chi connectivity index (χ3v) is 3.69. The van der Waals surface area contributed by atoms with E-state index in [1.165, 1.54) is 12.0 Å². The molecule has 1 aromatic heterocycles. The molecular formula is C15H17ClN2O. The quantitative estimate of drug-likeness (QED) is 0.849. The Morgan fingerprint density at radius 3 is 3.05 bits per heavy atom. The molecule has 0 spiro atoms. The topological polar surface area (TPSA) is 29.3 Å². The van der Waals surface area contributed by atoms with Crippen LogP contribution in [0.5, 0.6) is 0 Å². The number of oxazole rings is 1. The number of nitrogens with zero attached hydrogens (tertiary/aromatic N) is 2. The Hall–Kier alpha value is -1.32. The molecule has 3 rings (SSSR count). The van der Waals surface area contributed by atoms with Gasteiger partial charge in [0.2, 0.25) is 5.89 Å². The van der Waals surface area contributed by atoms with Crippen LogP contribution in [-0.4, -0.2) is 29.5 Å². The average Bonchev–Trinajstić information content (AvgIpc) is 2.83. The van der Waals surface area contributed by atoms with Crippen molar-refractivity contribution in [3.63, 3.8) is 0 Å². The van der Waals surface area contributed by atoms with Gasteiger partial charge >= 0.3 is 0 Å². The SMILES string of the molecule is CCCN1CC=C(c2nc3cc(Cl)ccc3o2)CC1. The lowest BCUT2D eigenvalue weighted by Gasteiger charge is -2.24. The largest absolute Gasteiger partial charge is 0.436 e. The van der Waals surface area contributed by atoms with E-state index in [0.29, 0.717) is 5.02 Å². The van der Waals surface area contributed by atoms with Crippen LogP contribution in [-0.2, 0) is 0 Å². The highest BCUT2D eigenvalue weighted by Crippen LogP contribution is 2.27. The first-order valence-electron chi connectivity index (χ1n) is 6.74. The molecule has 1 aliphatic rings. The Balaban J connectivity index is 1.85. The second kappa shape index (κ2) is 5.35. The van der Waals surface area contributed by atoms with Crippen LogP contribution in [0.3, 0.4) is 0 Å². The number of rotatable bonds is 3. The highest BCUT2D eigenvalue weighted by atomic mass is 35.5. The Bertz CT molecular complexity index is 618. The van der Waals surface area contributed by atoms with Crippen molar-refractivity contribution in [1.82, 2.24) is 9.88 Å². The van der Waals surface area contributed by atoms with Crippen LogP contribution >= 0.6 is 11.6 Å². The number of halogens is 1.